The van der Waals surface area contributed by atoms with E-state index >= 15 is 0 Å². The Kier molecular flexibility index (Phi) is 5.63. The van der Waals surface area contributed by atoms with E-state index < -0.39 is 0 Å². The third-order valence-corrected chi connectivity index (χ3v) is 7.01. The lowest BCUT2D eigenvalue weighted by atomic mass is 9.47. The van der Waals surface area contributed by atoms with Gasteiger partial charge in [-0.1, -0.05) is 46.3 Å². The van der Waals surface area contributed by atoms with Gasteiger partial charge in [-0.15, -0.1) is 0 Å². The lowest BCUT2D eigenvalue weighted by Crippen LogP contribution is -2.49. The first kappa shape index (κ1) is 18.5. The lowest BCUT2D eigenvalue weighted by Gasteiger charge is -2.58. The minimum absolute atomic E-state index is 0.0807. The number of hydrogen-bond donors (Lipinski definition) is 0. The van der Waals surface area contributed by atoms with Gasteiger partial charge in [-0.05, 0) is 67.1 Å². The van der Waals surface area contributed by atoms with Gasteiger partial charge < -0.3 is 4.74 Å². The fourth-order valence-corrected chi connectivity index (χ4v) is 5.73. The van der Waals surface area contributed by atoms with Crippen LogP contribution in [-0.4, -0.2) is 13.1 Å². The summed E-state index contributed by atoms with van der Waals surface area (Å²) in [5.41, 5.74) is 2.33. The minimum Gasteiger partial charge on any atom is -0.469 e. The standard InChI is InChI=1S/C21H36O2/c1-15(14-19(22)23-6)8-10-17-16(2)9-11-18-20(3,4)12-7-13-21(17,18)5/h15,17-18H,2,7-14H2,1,3-6H3. The summed E-state index contributed by atoms with van der Waals surface area (Å²) < 4.78 is 4.81. The number of carbonyl (C=O) groups is 1. The third-order valence-electron chi connectivity index (χ3n) is 7.01. The summed E-state index contributed by atoms with van der Waals surface area (Å²) in [5.74, 6) is 1.76. The molecule has 2 rings (SSSR count). The molecule has 2 aliphatic carbocycles. The van der Waals surface area contributed by atoms with Gasteiger partial charge in [0.05, 0.1) is 7.11 Å². The van der Waals surface area contributed by atoms with Crippen LogP contribution in [0.1, 0.15) is 79.1 Å². The summed E-state index contributed by atoms with van der Waals surface area (Å²) in [6.45, 7) is 14.1. The Balaban J connectivity index is 2.06. The summed E-state index contributed by atoms with van der Waals surface area (Å²) in [4.78, 5) is 11.5. The molecule has 4 atom stereocenters. The molecule has 0 aromatic heterocycles. The normalized spacial score (nSPS) is 34.6. The predicted octanol–water partition coefficient (Wildman–Crippen LogP) is 5.76. The Morgan fingerprint density at radius 2 is 2.04 bits per heavy atom. The zero-order chi connectivity index (χ0) is 17.3. The molecule has 2 nitrogen and oxygen atoms in total. The molecule has 0 aromatic carbocycles. The molecule has 0 aliphatic heterocycles. The Morgan fingerprint density at radius 1 is 1.35 bits per heavy atom. The van der Waals surface area contributed by atoms with E-state index in [-0.39, 0.29) is 5.97 Å². The first-order chi connectivity index (χ1) is 10.7. The number of methoxy groups -OCH3 is 1. The van der Waals surface area contributed by atoms with Crippen LogP contribution in [0, 0.1) is 28.6 Å². The fourth-order valence-electron chi connectivity index (χ4n) is 5.73. The molecule has 2 saturated carbocycles. The first-order valence-electron chi connectivity index (χ1n) is 9.45. The van der Waals surface area contributed by atoms with E-state index in [9.17, 15) is 4.79 Å². The summed E-state index contributed by atoms with van der Waals surface area (Å²) in [6.07, 6.45) is 9.39. The van der Waals surface area contributed by atoms with Crippen molar-refractivity contribution < 1.29 is 9.53 Å². The van der Waals surface area contributed by atoms with Crippen LogP contribution >= 0.6 is 0 Å². The molecule has 0 amide bonds. The molecule has 2 fully saturated rings. The van der Waals surface area contributed by atoms with E-state index in [1.807, 2.05) is 0 Å². The Bertz CT molecular complexity index is 451. The van der Waals surface area contributed by atoms with Crippen molar-refractivity contribution in [2.75, 3.05) is 7.11 Å². The van der Waals surface area contributed by atoms with E-state index in [1.165, 1.54) is 51.2 Å². The SMILES string of the molecule is C=C1CCC2C(C)(C)CCCC2(C)C1CCC(C)CC(=O)OC. The van der Waals surface area contributed by atoms with Crippen molar-refractivity contribution >= 4 is 5.97 Å². The van der Waals surface area contributed by atoms with Crippen LogP contribution in [0.5, 0.6) is 0 Å². The third kappa shape index (κ3) is 3.83. The summed E-state index contributed by atoms with van der Waals surface area (Å²) in [6, 6.07) is 0. The lowest BCUT2D eigenvalue weighted by molar-refractivity contribution is -0.141. The van der Waals surface area contributed by atoms with Crippen molar-refractivity contribution in [1.82, 2.24) is 0 Å². The molecule has 132 valence electrons. The van der Waals surface area contributed by atoms with Gasteiger partial charge in [0.25, 0.3) is 0 Å². The van der Waals surface area contributed by atoms with Gasteiger partial charge in [0.15, 0.2) is 0 Å². The van der Waals surface area contributed by atoms with Crippen molar-refractivity contribution in [3.63, 3.8) is 0 Å². The molecule has 2 heteroatoms. The van der Waals surface area contributed by atoms with Crippen molar-refractivity contribution in [2.24, 2.45) is 28.6 Å². The number of carbonyl (C=O) groups excluding carboxylic acids is 1. The molecular formula is C21H36O2. The second-order valence-electron chi connectivity index (χ2n) is 9.11. The van der Waals surface area contributed by atoms with Crippen LogP contribution in [0.15, 0.2) is 12.2 Å². The highest BCUT2D eigenvalue weighted by Crippen LogP contribution is 2.61. The highest BCUT2D eigenvalue weighted by Gasteiger charge is 2.52. The second-order valence-corrected chi connectivity index (χ2v) is 9.11. The maximum atomic E-state index is 11.5. The van der Waals surface area contributed by atoms with Gasteiger partial charge in [-0.3, -0.25) is 4.79 Å². The van der Waals surface area contributed by atoms with Crippen LogP contribution in [0.25, 0.3) is 0 Å². The van der Waals surface area contributed by atoms with Crippen molar-refractivity contribution in [1.29, 1.82) is 0 Å². The summed E-state index contributed by atoms with van der Waals surface area (Å²) >= 11 is 0. The zero-order valence-corrected chi connectivity index (χ0v) is 15.9. The number of ether oxygens (including phenoxy) is 1. The topological polar surface area (TPSA) is 26.3 Å². The van der Waals surface area contributed by atoms with Crippen LogP contribution in [0.4, 0.5) is 0 Å². The maximum Gasteiger partial charge on any atom is 0.305 e. The summed E-state index contributed by atoms with van der Waals surface area (Å²) in [7, 11) is 1.48. The highest BCUT2D eigenvalue weighted by molar-refractivity contribution is 5.69. The van der Waals surface area contributed by atoms with Gasteiger partial charge >= 0.3 is 5.97 Å². The van der Waals surface area contributed by atoms with Gasteiger partial charge in [0, 0.05) is 6.42 Å². The Hall–Kier alpha value is -0.790. The monoisotopic (exact) mass is 320 g/mol. The Labute approximate surface area is 143 Å². The minimum atomic E-state index is -0.0807. The van der Waals surface area contributed by atoms with Crippen LogP contribution < -0.4 is 0 Å². The van der Waals surface area contributed by atoms with Crippen molar-refractivity contribution in [2.45, 2.75) is 79.1 Å². The molecule has 0 bridgehead atoms. The van der Waals surface area contributed by atoms with Crippen LogP contribution in [0.3, 0.4) is 0 Å². The average molecular weight is 321 g/mol. The predicted molar refractivity (Wildman–Crippen MR) is 96.1 cm³/mol. The van der Waals surface area contributed by atoms with Gasteiger partial charge in [-0.25, -0.2) is 0 Å². The zero-order valence-electron chi connectivity index (χ0n) is 15.9. The Morgan fingerprint density at radius 3 is 2.70 bits per heavy atom. The van der Waals surface area contributed by atoms with Crippen LogP contribution in [0.2, 0.25) is 0 Å². The van der Waals surface area contributed by atoms with E-state index in [1.54, 1.807) is 0 Å². The molecule has 0 spiro atoms. The highest BCUT2D eigenvalue weighted by atomic mass is 16.5. The average Bonchev–Trinajstić information content (AvgIpc) is 2.45. The molecule has 0 N–H and O–H groups in total. The largest absolute Gasteiger partial charge is 0.469 e. The van der Waals surface area contributed by atoms with Gasteiger partial charge in [-0.2, -0.15) is 0 Å². The number of fused-ring (bicyclic) bond motifs is 1. The van der Waals surface area contributed by atoms with Gasteiger partial charge in [0.1, 0.15) is 0 Å². The molecule has 0 aromatic rings. The molecular weight excluding hydrogens is 284 g/mol. The molecule has 0 heterocycles. The number of allylic oxidation sites excluding steroid dienone is 1. The van der Waals surface area contributed by atoms with E-state index in [0.717, 1.165) is 12.3 Å². The fraction of sp³-hybridized carbons (Fsp3) is 0.857. The number of esters is 1. The van der Waals surface area contributed by atoms with Gasteiger partial charge in [0.2, 0.25) is 0 Å². The molecule has 2 aliphatic rings. The van der Waals surface area contributed by atoms with Crippen LogP contribution in [-0.2, 0) is 9.53 Å². The molecule has 4 unspecified atom stereocenters. The quantitative estimate of drug-likeness (QED) is 0.475. The van der Waals surface area contributed by atoms with E-state index in [2.05, 4.69) is 34.3 Å². The first-order valence-corrected chi connectivity index (χ1v) is 9.45. The number of hydrogen-bond acceptors (Lipinski definition) is 2. The van der Waals surface area contributed by atoms with Crippen molar-refractivity contribution in [3.05, 3.63) is 12.2 Å². The molecule has 23 heavy (non-hydrogen) atoms. The van der Waals surface area contributed by atoms with E-state index in [4.69, 9.17) is 4.74 Å². The van der Waals surface area contributed by atoms with E-state index in [0.29, 0.717) is 29.1 Å². The number of rotatable bonds is 5. The molecule has 0 radical (unpaired) electrons. The molecule has 0 saturated heterocycles. The smallest absolute Gasteiger partial charge is 0.305 e. The second kappa shape index (κ2) is 6.99. The maximum absolute atomic E-state index is 11.5. The van der Waals surface area contributed by atoms with Crippen molar-refractivity contribution in [3.8, 4) is 0 Å². The summed E-state index contributed by atoms with van der Waals surface area (Å²) in [5, 5.41) is 0.